The number of aromatic nitrogens is 1. The van der Waals surface area contributed by atoms with Crippen LogP contribution in [0.3, 0.4) is 0 Å². The molecule has 2 aromatic rings. The number of amides is 2. The van der Waals surface area contributed by atoms with E-state index in [1.54, 1.807) is 42.5 Å². The number of halogens is 1. The van der Waals surface area contributed by atoms with Gasteiger partial charge in [-0.2, -0.15) is 0 Å². The largest absolute Gasteiger partial charge is 0.381 e. The Morgan fingerprint density at radius 3 is 2.57 bits per heavy atom. The first kappa shape index (κ1) is 19.9. The van der Waals surface area contributed by atoms with Crippen LogP contribution in [0.1, 0.15) is 28.9 Å². The number of rotatable bonds is 4. The third kappa shape index (κ3) is 4.33. The minimum absolute atomic E-state index is 0.0167. The zero-order valence-corrected chi connectivity index (χ0v) is 16.0. The molecule has 1 aliphatic heterocycles. The number of hydrazine groups is 1. The topological polar surface area (TPSA) is 71.5 Å². The Labute approximate surface area is 168 Å². The summed E-state index contributed by atoms with van der Waals surface area (Å²) in [6, 6.07) is 12.1. The van der Waals surface area contributed by atoms with E-state index in [1.807, 2.05) is 0 Å². The lowest BCUT2D eigenvalue weighted by atomic mass is 9.90. The van der Waals surface area contributed by atoms with Crippen molar-refractivity contribution < 1.29 is 14.3 Å². The molecule has 7 heteroatoms. The summed E-state index contributed by atoms with van der Waals surface area (Å²) in [5.41, 5.74) is 2.57. The number of terminal acetylenes is 1. The van der Waals surface area contributed by atoms with Crippen LogP contribution in [0.2, 0.25) is 5.02 Å². The molecule has 1 aromatic heterocycles. The van der Waals surface area contributed by atoms with Crippen molar-refractivity contribution >= 4 is 23.4 Å². The predicted molar refractivity (Wildman–Crippen MR) is 105 cm³/mol. The Morgan fingerprint density at radius 2 is 1.93 bits per heavy atom. The average Bonchev–Trinajstić information content (AvgIpc) is 2.74. The minimum Gasteiger partial charge on any atom is -0.381 e. The molecule has 1 N–H and O–H groups in total. The van der Waals surface area contributed by atoms with Crippen molar-refractivity contribution in [2.24, 2.45) is 0 Å². The Morgan fingerprint density at radius 1 is 1.21 bits per heavy atom. The Balaban J connectivity index is 1.88. The zero-order valence-electron chi connectivity index (χ0n) is 15.2. The van der Waals surface area contributed by atoms with Crippen molar-refractivity contribution in [3.05, 3.63) is 64.9 Å². The van der Waals surface area contributed by atoms with Gasteiger partial charge in [0.05, 0.1) is 6.42 Å². The van der Waals surface area contributed by atoms with Crippen LogP contribution in [0.15, 0.2) is 48.7 Å². The van der Waals surface area contributed by atoms with Crippen molar-refractivity contribution in [1.29, 1.82) is 0 Å². The molecule has 0 radical (unpaired) electrons. The third-order valence-corrected chi connectivity index (χ3v) is 5.02. The zero-order chi connectivity index (χ0) is 20.0. The van der Waals surface area contributed by atoms with Gasteiger partial charge in [0.1, 0.15) is 11.2 Å². The third-order valence-electron chi connectivity index (χ3n) is 4.65. The van der Waals surface area contributed by atoms with E-state index in [2.05, 4.69) is 16.3 Å². The van der Waals surface area contributed by atoms with Crippen molar-refractivity contribution in [1.82, 2.24) is 15.4 Å². The Bertz CT molecular complexity index is 889. The van der Waals surface area contributed by atoms with E-state index in [0.29, 0.717) is 36.6 Å². The highest BCUT2D eigenvalue weighted by molar-refractivity contribution is 6.31. The fourth-order valence-corrected chi connectivity index (χ4v) is 3.28. The quantitative estimate of drug-likeness (QED) is 0.636. The van der Waals surface area contributed by atoms with E-state index in [9.17, 15) is 9.59 Å². The van der Waals surface area contributed by atoms with E-state index in [0.717, 1.165) is 0 Å². The van der Waals surface area contributed by atoms with Gasteiger partial charge in [-0.3, -0.25) is 20.0 Å². The molecule has 3 rings (SSSR count). The summed E-state index contributed by atoms with van der Waals surface area (Å²) in [6.07, 6.45) is 8.17. The molecule has 0 saturated carbocycles. The van der Waals surface area contributed by atoms with Crippen molar-refractivity contribution in [3.63, 3.8) is 0 Å². The summed E-state index contributed by atoms with van der Waals surface area (Å²) < 4.78 is 5.40. The highest BCUT2D eigenvalue weighted by Crippen LogP contribution is 2.27. The number of pyridine rings is 1. The van der Waals surface area contributed by atoms with Crippen molar-refractivity contribution in [3.8, 4) is 12.3 Å². The van der Waals surface area contributed by atoms with Crippen LogP contribution >= 0.6 is 11.6 Å². The molecule has 1 fully saturated rings. The monoisotopic (exact) mass is 397 g/mol. The maximum atomic E-state index is 13.1. The number of ether oxygens (including phenoxy) is 1. The van der Waals surface area contributed by atoms with Crippen molar-refractivity contribution in [2.45, 2.75) is 24.8 Å². The summed E-state index contributed by atoms with van der Waals surface area (Å²) >= 11 is 6.15. The summed E-state index contributed by atoms with van der Waals surface area (Å²) in [5, 5.41) is 1.72. The summed E-state index contributed by atoms with van der Waals surface area (Å²) in [5.74, 6) is 1.85. The van der Waals surface area contributed by atoms with Crippen LogP contribution in [-0.2, 0) is 16.0 Å². The normalized spacial score (nSPS) is 15.3. The number of hydrogen-bond acceptors (Lipinski definition) is 4. The SMILES string of the molecule is C#CC1(N(NC(=O)Cc2ccccc2Cl)C(=O)c2ccccn2)CCOCC1. The molecule has 2 heterocycles. The van der Waals surface area contributed by atoms with Gasteiger partial charge in [0.2, 0.25) is 5.91 Å². The first-order valence-electron chi connectivity index (χ1n) is 8.90. The summed E-state index contributed by atoms with van der Waals surface area (Å²) in [4.78, 5) is 30.0. The number of nitrogens with zero attached hydrogens (tertiary/aromatic N) is 2. The Kier molecular flexibility index (Phi) is 6.30. The van der Waals surface area contributed by atoms with Gasteiger partial charge in [0.15, 0.2) is 0 Å². The Hall–Kier alpha value is -2.88. The number of nitrogens with one attached hydrogen (secondary N) is 1. The summed E-state index contributed by atoms with van der Waals surface area (Å²) in [6.45, 7) is 0.799. The van der Waals surface area contributed by atoms with Crippen LogP contribution in [0.4, 0.5) is 0 Å². The minimum atomic E-state index is -0.983. The molecule has 2 amide bonds. The lowest BCUT2D eigenvalue weighted by Gasteiger charge is -2.42. The van der Waals surface area contributed by atoms with Crippen LogP contribution in [0.25, 0.3) is 0 Å². The van der Waals surface area contributed by atoms with E-state index >= 15 is 0 Å². The molecular weight excluding hydrogens is 378 g/mol. The van der Waals surface area contributed by atoms with Crippen LogP contribution < -0.4 is 5.43 Å². The van der Waals surface area contributed by atoms with Crippen LogP contribution in [0, 0.1) is 12.3 Å². The summed E-state index contributed by atoms with van der Waals surface area (Å²) in [7, 11) is 0. The maximum Gasteiger partial charge on any atom is 0.292 e. The molecule has 1 aliphatic rings. The van der Waals surface area contributed by atoms with Gasteiger partial charge in [-0.25, -0.2) is 5.01 Å². The molecule has 28 heavy (non-hydrogen) atoms. The standard InChI is InChI=1S/C21H20ClN3O3/c1-2-21(10-13-28-14-11-21)25(20(27)18-9-5-6-12-23-18)24-19(26)15-16-7-3-4-8-17(16)22/h1,3-9,12H,10-11,13-15H2,(H,24,26). The molecule has 144 valence electrons. The predicted octanol–water partition coefficient (Wildman–Crippen LogP) is 2.63. The van der Waals surface area contributed by atoms with E-state index in [-0.39, 0.29) is 12.1 Å². The van der Waals surface area contributed by atoms with Gasteiger partial charge < -0.3 is 4.74 Å². The number of carbonyl (C=O) groups is 2. The lowest BCUT2D eigenvalue weighted by Crippen LogP contribution is -2.61. The maximum absolute atomic E-state index is 13.1. The molecule has 0 atom stereocenters. The number of hydrogen-bond donors (Lipinski definition) is 1. The van der Waals surface area contributed by atoms with Crippen LogP contribution in [0.5, 0.6) is 0 Å². The first-order chi connectivity index (χ1) is 13.6. The van der Waals surface area contributed by atoms with Gasteiger partial charge in [0.25, 0.3) is 5.91 Å². The highest BCUT2D eigenvalue weighted by atomic mass is 35.5. The molecule has 0 bridgehead atoms. The molecule has 1 aromatic carbocycles. The second-order valence-corrected chi connectivity index (χ2v) is 6.85. The number of benzene rings is 1. The molecular formula is C21H20ClN3O3. The van der Waals surface area contributed by atoms with E-state index < -0.39 is 17.4 Å². The van der Waals surface area contributed by atoms with E-state index in [1.165, 1.54) is 11.2 Å². The first-order valence-corrected chi connectivity index (χ1v) is 9.27. The fraction of sp³-hybridized carbons (Fsp3) is 0.286. The van der Waals surface area contributed by atoms with Gasteiger partial charge in [0, 0.05) is 37.3 Å². The van der Waals surface area contributed by atoms with Gasteiger partial charge in [-0.15, -0.1) is 6.42 Å². The number of carbonyl (C=O) groups excluding carboxylic acids is 2. The van der Waals surface area contributed by atoms with Crippen LogP contribution in [-0.4, -0.2) is 40.6 Å². The smallest absolute Gasteiger partial charge is 0.292 e. The lowest BCUT2D eigenvalue weighted by molar-refractivity contribution is -0.127. The van der Waals surface area contributed by atoms with Crippen molar-refractivity contribution in [2.75, 3.05) is 13.2 Å². The molecule has 1 saturated heterocycles. The molecule has 0 unspecified atom stereocenters. The van der Waals surface area contributed by atoms with Gasteiger partial charge in [-0.05, 0) is 23.8 Å². The second kappa shape index (κ2) is 8.87. The average molecular weight is 398 g/mol. The highest BCUT2D eigenvalue weighted by Gasteiger charge is 2.42. The van der Waals surface area contributed by atoms with E-state index in [4.69, 9.17) is 22.8 Å². The molecule has 0 aliphatic carbocycles. The van der Waals surface area contributed by atoms with Gasteiger partial charge in [-0.1, -0.05) is 41.8 Å². The fourth-order valence-electron chi connectivity index (χ4n) is 3.08. The van der Waals surface area contributed by atoms with Gasteiger partial charge >= 0.3 is 0 Å². The molecule has 0 spiro atoms. The molecule has 6 nitrogen and oxygen atoms in total. The second-order valence-electron chi connectivity index (χ2n) is 6.45.